The Hall–Kier alpha value is -3.23. The van der Waals surface area contributed by atoms with Crippen LogP contribution in [0.1, 0.15) is 34.7 Å². The fourth-order valence-corrected chi connectivity index (χ4v) is 3.22. The number of carbonyl (C=O) groups excluding carboxylic acids is 1. The van der Waals surface area contributed by atoms with E-state index in [4.69, 9.17) is 4.74 Å². The third-order valence-corrected chi connectivity index (χ3v) is 4.74. The Morgan fingerprint density at radius 2 is 2.11 bits per heavy atom. The lowest BCUT2D eigenvalue weighted by Crippen LogP contribution is -2.16. The van der Waals surface area contributed by atoms with E-state index < -0.39 is 0 Å². The van der Waals surface area contributed by atoms with Gasteiger partial charge in [0.25, 0.3) is 5.91 Å². The number of halogens is 1. The molecule has 4 rings (SSSR count). The third kappa shape index (κ3) is 3.88. The minimum atomic E-state index is -0.335. The van der Waals surface area contributed by atoms with E-state index in [1.54, 1.807) is 23.7 Å². The summed E-state index contributed by atoms with van der Waals surface area (Å²) in [6, 6.07) is 7.71. The molecule has 0 fully saturated rings. The molecule has 1 aromatic carbocycles. The average molecular weight is 384 g/mol. The second-order valence-corrected chi connectivity index (χ2v) is 6.70. The van der Waals surface area contributed by atoms with E-state index in [0.29, 0.717) is 30.4 Å². The molecule has 3 heterocycles. The number of aromatic nitrogens is 5. The molecule has 0 radical (unpaired) electrons. The van der Waals surface area contributed by atoms with E-state index in [-0.39, 0.29) is 17.4 Å². The summed E-state index contributed by atoms with van der Waals surface area (Å²) in [5.74, 6) is 0.462. The number of ether oxygens (including phenoxy) is 1. The van der Waals surface area contributed by atoms with Gasteiger partial charge in [0.2, 0.25) is 0 Å². The molecular formula is C19H21FN6O2. The number of fused-ring (bicyclic) bond motifs is 1. The number of hydrogen-bond donors (Lipinski definition) is 1. The van der Waals surface area contributed by atoms with Crippen molar-refractivity contribution in [3.05, 3.63) is 53.2 Å². The maximum absolute atomic E-state index is 12.9. The standard InChI is InChI=1S/C19H21FN6O2/c1-13-18(19(27)21-17-12-15-4-2-3-9-26(15)23-17)22-24-25(13)10-11-28-16-7-5-14(20)6-8-16/h5-8,12H,2-4,9-11H2,1H3,(H,21,23,27). The largest absolute Gasteiger partial charge is 0.492 e. The van der Waals surface area contributed by atoms with Crippen LogP contribution in [0.4, 0.5) is 10.2 Å². The molecule has 0 unspecified atom stereocenters. The Morgan fingerprint density at radius 1 is 1.29 bits per heavy atom. The highest BCUT2D eigenvalue weighted by atomic mass is 19.1. The van der Waals surface area contributed by atoms with Crippen LogP contribution in [0.15, 0.2) is 30.3 Å². The Balaban J connectivity index is 1.36. The molecule has 28 heavy (non-hydrogen) atoms. The first kappa shape index (κ1) is 18.1. The number of hydrogen-bond acceptors (Lipinski definition) is 5. The van der Waals surface area contributed by atoms with Crippen LogP contribution in [0.3, 0.4) is 0 Å². The van der Waals surface area contributed by atoms with Crippen molar-refractivity contribution in [1.82, 2.24) is 24.8 Å². The molecule has 146 valence electrons. The van der Waals surface area contributed by atoms with Crippen molar-refractivity contribution >= 4 is 11.7 Å². The summed E-state index contributed by atoms with van der Waals surface area (Å²) in [5, 5.41) is 15.2. The second kappa shape index (κ2) is 7.79. The summed E-state index contributed by atoms with van der Waals surface area (Å²) in [4.78, 5) is 12.5. The molecule has 0 spiro atoms. The van der Waals surface area contributed by atoms with Gasteiger partial charge in [0.15, 0.2) is 11.5 Å². The lowest BCUT2D eigenvalue weighted by Gasteiger charge is -2.11. The first-order valence-electron chi connectivity index (χ1n) is 9.27. The topological polar surface area (TPSA) is 86.9 Å². The van der Waals surface area contributed by atoms with Crippen LogP contribution in [0.5, 0.6) is 5.75 Å². The molecule has 3 aromatic rings. The van der Waals surface area contributed by atoms with Crippen molar-refractivity contribution in [2.75, 3.05) is 11.9 Å². The molecule has 0 aliphatic carbocycles. The first-order chi connectivity index (χ1) is 13.6. The van der Waals surface area contributed by atoms with Crippen LogP contribution in [-0.4, -0.2) is 37.3 Å². The predicted octanol–water partition coefficient (Wildman–Crippen LogP) is 2.59. The zero-order chi connectivity index (χ0) is 19.5. The summed E-state index contributed by atoms with van der Waals surface area (Å²) in [6.45, 7) is 3.41. The molecule has 9 heteroatoms. The van der Waals surface area contributed by atoms with E-state index in [2.05, 4.69) is 20.7 Å². The van der Waals surface area contributed by atoms with Crippen molar-refractivity contribution < 1.29 is 13.9 Å². The van der Waals surface area contributed by atoms with E-state index in [1.807, 2.05) is 10.7 Å². The van der Waals surface area contributed by atoms with Gasteiger partial charge in [-0.25, -0.2) is 9.07 Å². The molecular weight excluding hydrogens is 363 g/mol. The van der Waals surface area contributed by atoms with Gasteiger partial charge in [-0.2, -0.15) is 5.10 Å². The van der Waals surface area contributed by atoms with Gasteiger partial charge in [-0.1, -0.05) is 5.21 Å². The third-order valence-electron chi connectivity index (χ3n) is 4.74. The van der Waals surface area contributed by atoms with Gasteiger partial charge in [-0.3, -0.25) is 9.48 Å². The second-order valence-electron chi connectivity index (χ2n) is 6.70. The van der Waals surface area contributed by atoms with Gasteiger partial charge in [0.05, 0.1) is 12.2 Å². The maximum atomic E-state index is 12.9. The molecule has 1 amide bonds. The highest BCUT2D eigenvalue weighted by Gasteiger charge is 2.19. The minimum absolute atomic E-state index is 0.257. The Labute approximate surface area is 161 Å². The number of anilines is 1. The van der Waals surface area contributed by atoms with Gasteiger partial charge in [-0.15, -0.1) is 5.10 Å². The minimum Gasteiger partial charge on any atom is -0.492 e. The Bertz CT molecular complexity index is 955. The fourth-order valence-electron chi connectivity index (χ4n) is 3.22. The average Bonchev–Trinajstić information content (AvgIpc) is 3.26. The van der Waals surface area contributed by atoms with Gasteiger partial charge in [-0.05, 0) is 50.5 Å². The van der Waals surface area contributed by atoms with E-state index in [0.717, 1.165) is 31.5 Å². The molecule has 1 aliphatic heterocycles. The molecule has 0 saturated carbocycles. The maximum Gasteiger partial charge on any atom is 0.279 e. The van der Waals surface area contributed by atoms with Gasteiger partial charge in [0.1, 0.15) is 18.2 Å². The van der Waals surface area contributed by atoms with Crippen molar-refractivity contribution in [1.29, 1.82) is 0 Å². The molecule has 0 saturated heterocycles. The van der Waals surface area contributed by atoms with Crippen LogP contribution < -0.4 is 10.1 Å². The number of nitrogens with one attached hydrogen (secondary N) is 1. The highest BCUT2D eigenvalue weighted by Crippen LogP contribution is 2.18. The van der Waals surface area contributed by atoms with Crippen LogP contribution in [0, 0.1) is 12.7 Å². The first-order valence-corrected chi connectivity index (χ1v) is 9.27. The van der Waals surface area contributed by atoms with Gasteiger partial charge >= 0.3 is 0 Å². The van der Waals surface area contributed by atoms with Crippen molar-refractivity contribution in [2.45, 2.75) is 39.3 Å². The van der Waals surface area contributed by atoms with Crippen LogP contribution in [0.25, 0.3) is 0 Å². The van der Waals surface area contributed by atoms with Crippen molar-refractivity contribution in [3.8, 4) is 5.75 Å². The van der Waals surface area contributed by atoms with Gasteiger partial charge in [0, 0.05) is 18.3 Å². The number of rotatable bonds is 6. The SMILES string of the molecule is Cc1c(C(=O)Nc2cc3n(n2)CCCC3)nnn1CCOc1ccc(F)cc1. The molecule has 8 nitrogen and oxygen atoms in total. The highest BCUT2D eigenvalue weighted by molar-refractivity contribution is 6.03. The van der Waals surface area contributed by atoms with Gasteiger partial charge < -0.3 is 10.1 Å². The number of amides is 1. The molecule has 1 N–H and O–H groups in total. The summed E-state index contributed by atoms with van der Waals surface area (Å²) in [7, 11) is 0. The summed E-state index contributed by atoms with van der Waals surface area (Å²) < 4.78 is 22.0. The van der Waals surface area contributed by atoms with Crippen molar-refractivity contribution in [2.24, 2.45) is 0 Å². The quantitative estimate of drug-likeness (QED) is 0.706. The van der Waals surface area contributed by atoms with Crippen LogP contribution >= 0.6 is 0 Å². The lowest BCUT2D eigenvalue weighted by atomic mass is 10.1. The van der Waals surface area contributed by atoms with Crippen LogP contribution in [-0.2, 0) is 19.5 Å². The van der Waals surface area contributed by atoms with E-state index >= 15 is 0 Å². The molecule has 1 aliphatic rings. The summed E-state index contributed by atoms with van der Waals surface area (Å²) in [6.07, 6.45) is 3.23. The zero-order valence-corrected chi connectivity index (χ0v) is 15.6. The van der Waals surface area contributed by atoms with Crippen molar-refractivity contribution in [3.63, 3.8) is 0 Å². The predicted molar refractivity (Wildman–Crippen MR) is 99.8 cm³/mol. The van der Waals surface area contributed by atoms with E-state index in [1.165, 1.54) is 12.1 Å². The number of benzene rings is 1. The number of nitrogens with zero attached hydrogens (tertiary/aromatic N) is 5. The molecule has 0 bridgehead atoms. The monoisotopic (exact) mass is 384 g/mol. The Kier molecular flexibility index (Phi) is 5.05. The summed E-state index contributed by atoms with van der Waals surface area (Å²) in [5.41, 5.74) is 2.04. The number of aryl methyl sites for hydroxylation is 2. The number of carbonyl (C=O) groups is 1. The summed E-state index contributed by atoms with van der Waals surface area (Å²) >= 11 is 0. The fraction of sp³-hybridized carbons (Fsp3) is 0.368. The molecule has 2 aromatic heterocycles. The van der Waals surface area contributed by atoms with Crippen LogP contribution in [0.2, 0.25) is 0 Å². The van der Waals surface area contributed by atoms with E-state index in [9.17, 15) is 9.18 Å². The normalized spacial score (nSPS) is 13.2. The smallest absolute Gasteiger partial charge is 0.279 e. The zero-order valence-electron chi connectivity index (χ0n) is 15.6. The molecule has 0 atom stereocenters. The lowest BCUT2D eigenvalue weighted by molar-refractivity contribution is 0.102. The Morgan fingerprint density at radius 3 is 2.89 bits per heavy atom.